The molecule has 0 saturated carbocycles. The van der Waals surface area contributed by atoms with Crippen molar-refractivity contribution in [1.82, 2.24) is 5.32 Å². The van der Waals surface area contributed by atoms with Gasteiger partial charge in [0.2, 0.25) is 0 Å². The molecule has 0 aromatic heterocycles. The van der Waals surface area contributed by atoms with E-state index in [2.05, 4.69) is 10.6 Å². The number of allylic oxidation sites excluding steroid dienone is 3. The van der Waals surface area contributed by atoms with E-state index >= 15 is 0 Å². The second-order valence-electron chi connectivity index (χ2n) is 9.49. The topological polar surface area (TPSA) is 58.2 Å². The van der Waals surface area contributed by atoms with E-state index in [0.717, 1.165) is 29.5 Å². The van der Waals surface area contributed by atoms with Crippen LogP contribution in [-0.2, 0) is 15.8 Å². The fourth-order valence-corrected chi connectivity index (χ4v) is 4.87. The second-order valence-corrected chi connectivity index (χ2v) is 9.89. The number of rotatable bonds is 3. The molecule has 4 rings (SSSR count). The Kier molecular flexibility index (Phi) is 6.10. The molecule has 1 atom stereocenters. The lowest BCUT2D eigenvalue weighted by Gasteiger charge is -2.39. The number of carbonyl (C=O) groups is 2. The quantitative estimate of drug-likeness (QED) is 0.511. The minimum absolute atomic E-state index is 0.0185. The lowest BCUT2D eigenvalue weighted by Crippen LogP contribution is -2.39. The molecule has 2 aromatic rings. The van der Waals surface area contributed by atoms with Crippen LogP contribution in [0.4, 0.5) is 18.9 Å². The summed E-state index contributed by atoms with van der Waals surface area (Å²) < 4.78 is 39.6. The van der Waals surface area contributed by atoms with Crippen LogP contribution < -0.4 is 10.6 Å². The van der Waals surface area contributed by atoms with Crippen LogP contribution in [0.1, 0.15) is 50.7 Å². The molecule has 8 heteroatoms. The largest absolute Gasteiger partial charge is 0.416 e. The van der Waals surface area contributed by atoms with E-state index in [1.807, 2.05) is 44.2 Å². The number of amides is 1. The number of alkyl halides is 3. The van der Waals surface area contributed by atoms with Gasteiger partial charge in [0.05, 0.1) is 16.3 Å². The minimum Gasteiger partial charge on any atom is -0.362 e. The van der Waals surface area contributed by atoms with Crippen molar-refractivity contribution < 1.29 is 22.8 Å². The molecule has 0 fully saturated rings. The molecule has 1 amide bonds. The Morgan fingerprint density at radius 2 is 1.79 bits per heavy atom. The fraction of sp³-hybridized carbons (Fsp3) is 0.308. The van der Waals surface area contributed by atoms with Crippen molar-refractivity contribution in [3.63, 3.8) is 0 Å². The van der Waals surface area contributed by atoms with Crippen LogP contribution in [0.3, 0.4) is 0 Å². The maximum Gasteiger partial charge on any atom is 0.416 e. The number of halogens is 4. The Bertz CT molecular complexity index is 1230. The molecule has 0 radical (unpaired) electrons. The summed E-state index contributed by atoms with van der Waals surface area (Å²) in [6, 6.07) is 11.9. The van der Waals surface area contributed by atoms with Gasteiger partial charge >= 0.3 is 6.18 Å². The van der Waals surface area contributed by atoms with E-state index in [1.54, 1.807) is 6.92 Å². The summed E-state index contributed by atoms with van der Waals surface area (Å²) in [6.45, 7) is 5.77. The van der Waals surface area contributed by atoms with Crippen LogP contribution in [0.2, 0.25) is 5.02 Å². The third kappa shape index (κ3) is 4.62. The van der Waals surface area contributed by atoms with Gasteiger partial charge in [0, 0.05) is 34.9 Å². The maximum atomic E-state index is 13.5. The summed E-state index contributed by atoms with van der Waals surface area (Å²) in [7, 11) is 0. The standard InChI is InChI=1S/C26H24ClF3N2O2/c1-14-21(24(34)32-18-11-16(26(28,29)30)9-10-17(18)27)22(15-7-5-4-6-8-15)23-19(31-14)12-25(2,3)13-20(23)33/h4-11,22,31H,12-13H2,1-3H3,(H,32,34)/t22-/m0/s1. The molecule has 178 valence electrons. The summed E-state index contributed by atoms with van der Waals surface area (Å²) in [5.74, 6) is -1.32. The van der Waals surface area contributed by atoms with Crippen LogP contribution in [0.25, 0.3) is 0 Å². The Morgan fingerprint density at radius 3 is 2.44 bits per heavy atom. The number of dihydropyridines is 1. The van der Waals surface area contributed by atoms with Crippen LogP contribution in [0.5, 0.6) is 0 Å². The van der Waals surface area contributed by atoms with E-state index in [9.17, 15) is 22.8 Å². The number of Topliss-reactive ketones (excluding diaryl/α,β-unsaturated/α-hetero) is 1. The molecule has 0 unspecified atom stereocenters. The number of carbonyl (C=O) groups excluding carboxylic acids is 2. The van der Waals surface area contributed by atoms with Gasteiger partial charge in [0.25, 0.3) is 5.91 Å². The van der Waals surface area contributed by atoms with Crippen molar-refractivity contribution >= 4 is 29.0 Å². The van der Waals surface area contributed by atoms with Crippen molar-refractivity contribution in [1.29, 1.82) is 0 Å². The van der Waals surface area contributed by atoms with E-state index in [0.29, 0.717) is 24.1 Å². The molecule has 0 spiro atoms. The average molecular weight is 489 g/mol. The van der Waals surface area contributed by atoms with E-state index in [-0.39, 0.29) is 27.5 Å². The molecular formula is C26H24ClF3N2O2. The molecule has 1 aliphatic carbocycles. The first-order chi connectivity index (χ1) is 15.9. The van der Waals surface area contributed by atoms with Gasteiger partial charge in [-0.05, 0) is 42.5 Å². The summed E-state index contributed by atoms with van der Waals surface area (Å²) in [5, 5.41) is 5.76. The van der Waals surface area contributed by atoms with Gasteiger partial charge in [-0.15, -0.1) is 0 Å². The molecule has 0 bridgehead atoms. The van der Waals surface area contributed by atoms with Crippen molar-refractivity contribution in [2.75, 3.05) is 5.32 Å². The van der Waals surface area contributed by atoms with E-state index < -0.39 is 23.6 Å². The highest BCUT2D eigenvalue weighted by Crippen LogP contribution is 2.47. The first-order valence-electron chi connectivity index (χ1n) is 10.8. The van der Waals surface area contributed by atoms with Gasteiger partial charge in [-0.3, -0.25) is 9.59 Å². The van der Waals surface area contributed by atoms with Gasteiger partial charge < -0.3 is 10.6 Å². The van der Waals surface area contributed by atoms with Crippen molar-refractivity contribution in [2.45, 2.75) is 45.7 Å². The predicted octanol–water partition coefficient (Wildman–Crippen LogP) is 6.60. The van der Waals surface area contributed by atoms with Gasteiger partial charge in [0.15, 0.2) is 5.78 Å². The first kappa shape index (κ1) is 24.1. The monoisotopic (exact) mass is 488 g/mol. The summed E-state index contributed by atoms with van der Waals surface area (Å²) in [5.41, 5.74) is 1.57. The molecular weight excluding hydrogens is 465 g/mol. The van der Waals surface area contributed by atoms with Crippen LogP contribution >= 0.6 is 11.6 Å². The molecule has 0 saturated heterocycles. The Balaban J connectivity index is 1.78. The molecule has 2 aromatic carbocycles. The predicted molar refractivity (Wildman–Crippen MR) is 125 cm³/mol. The van der Waals surface area contributed by atoms with Crippen molar-refractivity contribution in [2.24, 2.45) is 5.41 Å². The molecule has 2 N–H and O–H groups in total. The number of hydrogen-bond donors (Lipinski definition) is 2. The number of ketones is 1. The highest BCUT2D eigenvalue weighted by Gasteiger charge is 2.42. The number of benzene rings is 2. The third-order valence-corrected chi connectivity index (χ3v) is 6.49. The highest BCUT2D eigenvalue weighted by atomic mass is 35.5. The number of hydrogen-bond acceptors (Lipinski definition) is 3. The minimum atomic E-state index is -4.58. The third-order valence-electron chi connectivity index (χ3n) is 6.16. The molecule has 34 heavy (non-hydrogen) atoms. The first-order valence-corrected chi connectivity index (χ1v) is 11.2. The zero-order chi connectivity index (χ0) is 24.8. The SMILES string of the molecule is CC1=C(C(=O)Nc2cc(C(F)(F)F)ccc2Cl)[C@H](c2ccccc2)C2=C(CC(C)(C)CC2=O)N1. The van der Waals surface area contributed by atoms with Crippen molar-refractivity contribution in [3.8, 4) is 0 Å². The van der Waals surface area contributed by atoms with E-state index in [4.69, 9.17) is 11.6 Å². The summed E-state index contributed by atoms with van der Waals surface area (Å²) in [6.07, 6.45) is -3.60. The molecule has 1 heterocycles. The Morgan fingerprint density at radius 1 is 1.12 bits per heavy atom. The van der Waals surface area contributed by atoms with E-state index in [1.165, 1.54) is 0 Å². The maximum absolute atomic E-state index is 13.5. The molecule has 1 aliphatic heterocycles. The zero-order valence-corrected chi connectivity index (χ0v) is 19.7. The Hall–Kier alpha value is -3.06. The van der Waals surface area contributed by atoms with Crippen LogP contribution in [0.15, 0.2) is 71.1 Å². The lowest BCUT2D eigenvalue weighted by atomic mass is 9.68. The molecule has 2 aliphatic rings. The van der Waals surface area contributed by atoms with Gasteiger partial charge in [-0.2, -0.15) is 13.2 Å². The van der Waals surface area contributed by atoms with Crippen LogP contribution in [-0.4, -0.2) is 11.7 Å². The van der Waals surface area contributed by atoms with Crippen LogP contribution in [0, 0.1) is 5.41 Å². The molecule has 4 nitrogen and oxygen atoms in total. The highest BCUT2D eigenvalue weighted by molar-refractivity contribution is 6.34. The smallest absolute Gasteiger partial charge is 0.362 e. The Labute approximate surface area is 200 Å². The summed E-state index contributed by atoms with van der Waals surface area (Å²) >= 11 is 6.11. The average Bonchev–Trinajstić information content (AvgIpc) is 2.73. The van der Waals surface area contributed by atoms with Crippen molar-refractivity contribution in [3.05, 3.63) is 87.2 Å². The summed E-state index contributed by atoms with van der Waals surface area (Å²) in [4.78, 5) is 26.8. The zero-order valence-electron chi connectivity index (χ0n) is 18.9. The number of anilines is 1. The normalized spacial score (nSPS) is 20.1. The fourth-order valence-electron chi connectivity index (χ4n) is 4.70. The van der Waals surface area contributed by atoms with Gasteiger partial charge in [0.1, 0.15) is 0 Å². The number of nitrogens with one attached hydrogen (secondary N) is 2. The van der Waals surface area contributed by atoms with Gasteiger partial charge in [-0.25, -0.2) is 0 Å². The lowest BCUT2D eigenvalue weighted by molar-refractivity contribution is -0.137. The second kappa shape index (κ2) is 8.62. The van der Waals surface area contributed by atoms with Gasteiger partial charge in [-0.1, -0.05) is 55.8 Å².